The maximum absolute atomic E-state index is 12.9. The molecule has 0 bridgehead atoms. The Labute approximate surface area is 168 Å². The number of carbonyl (C=O) groups is 2. The summed E-state index contributed by atoms with van der Waals surface area (Å²) in [5.41, 5.74) is 2.96. The second kappa shape index (κ2) is 8.40. The van der Waals surface area contributed by atoms with Crippen molar-refractivity contribution in [3.05, 3.63) is 83.2 Å². The molecule has 142 valence electrons. The van der Waals surface area contributed by atoms with Gasteiger partial charge in [0.1, 0.15) is 0 Å². The average Bonchev–Trinajstić information content (AvgIpc) is 3.21. The van der Waals surface area contributed by atoms with Gasteiger partial charge in [0, 0.05) is 30.1 Å². The third-order valence-corrected chi connectivity index (χ3v) is 5.97. The fourth-order valence-corrected chi connectivity index (χ4v) is 4.43. The molecule has 0 radical (unpaired) electrons. The highest BCUT2D eigenvalue weighted by molar-refractivity contribution is 7.13. The lowest BCUT2D eigenvalue weighted by molar-refractivity contribution is -0.124. The van der Waals surface area contributed by atoms with Crippen LogP contribution in [0.3, 0.4) is 0 Å². The molecule has 2 amide bonds. The van der Waals surface area contributed by atoms with Crippen molar-refractivity contribution in [2.24, 2.45) is 5.92 Å². The number of thiophene rings is 1. The Morgan fingerprint density at radius 2 is 1.82 bits per heavy atom. The third kappa shape index (κ3) is 3.99. The number of hydrogen-bond acceptors (Lipinski definition) is 3. The minimum absolute atomic E-state index is 0.0179. The molecule has 0 unspecified atom stereocenters. The van der Waals surface area contributed by atoms with Crippen LogP contribution in [0, 0.1) is 5.92 Å². The summed E-state index contributed by atoms with van der Waals surface area (Å²) in [5, 5.41) is 5.04. The van der Waals surface area contributed by atoms with Crippen LogP contribution in [0.15, 0.2) is 72.1 Å². The summed E-state index contributed by atoms with van der Waals surface area (Å²) in [7, 11) is 0. The predicted octanol–water partition coefficient (Wildman–Crippen LogP) is 3.85. The minimum atomic E-state index is -0.267. The third-order valence-electron chi connectivity index (χ3n) is 5.07. The number of nitrogens with one attached hydrogen (secondary N) is 1. The van der Waals surface area contributed by atoms with E-state index in [0.29, 0.717) is 31.6 Å². The monoisotopic (exact) mass is 390 g/mol. The van der Waals surface area contributed by atoms with E-state index < -0.39 is 0 Å². The molecule has 0 saturated carbocycles. The lowest BCUT2D eigenvalue weighted by Gasteiger charge is -2.24. The van der Waals surface area contributed by atoms with Crippen LogP contribution in [0.1, 0.15) is 15.9 Å². The Kier molecular flexibility index (Phi) is 5.53. The summed E-state index contributed by atoms with van der Waals surface area (Å²) >= 11 is 1.69. The maximum atomic E-state index is 12.9. The van der Waals surface area contributed by atoms with E-state index in [4.69, 9.17) is 0 Å². The molecule has 1 N–H and O–H groups in total. The number of hydrogen-bond donors (Lipinski definition) is 1. The lowest BCUT2D eigenvalue weighted by atomic mass is 9.94. The van der Waals surface area contributed by atoms with Gasteiger partial charge in [-0.15, -0.1) is 11.3 Å². The van der Waals surface area contributed by atoms with Crippen LogP contribution >= 0.6 is 11.3 Å². The van der Waals surface area contributed by atoms with Gasteiger partial charge < -0.3 is 10.2 Å². The molecular weight excluding hydrogens is 368 g/mol. The van der Waals surface area contributed by atoms with Crippen molar-refractivity contribution in [2.45, 2.75) is 6.42 Å². The van der Waals surface area contributed by atoms with Crippen molar-refractivity contribution in [1.82, 2.24) is 10.2 Å². The van der Waals surface area contributed by atoms with E-state index in [9.17, 15) is 9.59 Å². The fraction of sp³-hybridized carbons (Fsp3) is 0.217. The molecule has 2 aromatic carbocycles. The van der Waals surface area contributed by atoms with Gasteiger partial charge in [-0.05, 0) is 41.1 Å². The van der Waals surface area contributed by atoms with Crippen LogP contribution in [0.2, 0.25) is 0 Å². The summed E-state index contributed by atoms with van der Waals surface area (Å²) in [4.78, 5) is 28.6. The number of rotatable bonds is 4. The molecule has 5 heteroatoms. The Morgan fingerprint density at radius 3 is 2.61 bits per heavy atom. The van der Waals surface area contributed by atoms with E-state index in [1.54, 1.807) is 16.2 Å². The summed E-state index contributed by atoms with van der Waals surface area (Å²) in [5.74, 6) is -0.269. The van der Waals surface area contributed by atoms with Gasteiger partial charge in [-0.2, -0.15) is 0 Å². The summed E-state index contributed by atoms with van der Waals surface area (Å²) in [6, 6.07) is 21.6. The smallest absolute Gasteiger partial charge is 0.253 e. The van der Waals surface area contributed by atoms with E-state index in [-0.39, 0.29) is 17.7 Å². The summed E-state index contributed by atoms with van der Waals surface area (Å²) < 4.78 is 0. The summed E-state index contributed by atoms with van der Waals surface area (Å²) in [6.07, 6.45) is 0.610. The van der Waals surface area contributed by atoms with Gasteiger partial charge in [-0.1, -0.05) is 48.5 Å². The zero-order valence-corrected chi connectivity index (χ0v) is 16.3. The van der Waals surface area contributed by atoms with Gasteiger partial charge in [-0.25, -0.2) is 0 Å². The molecule has 1 saturated heterocycles. The average molecular weight is 391 g/mol. The number of carbonyl (C=O) groups excluding carboxylic acids is 2. The molecule has 4 rings (SSSR count). The van der Waals surface area contributed by atoms with Crippen molar-refractivity contribution >= 4 is 23.2 Å². The second-order valence-electron chi connectivity index (χ2n) is 6.94. The Balaban J connectivity index is 1.57. The Bertz CT molecular complexity index is 954. The van der Waals surface area contributed by atoms with E-state index in [0.717, 1.165) is 11.1 Å². The van der Waals surface area contributed by atoms with Crippen molar-refractivity contribution in [2.75, 3.05) is 19.6 Å². The minimum Gasteiger partial charge on any atom is -0.354 e. The number of benzene rings is 2. The molecule has 1 aliphatic heterocycles. The quantitative estimate of drug-likeness (QED) is 0.736. The maximum Gasteiger partial charge on any atom is 0.253 e. The number of amides is 2. The van der Waals surface area contributed by atoms with Crippen LogP contribution in [0.4, 0.5) is 0 Å². The molecule has 0 aliphatic carbocycles. The van der Waals surface area contributed by atoms with Crippen LogP contribution in [-0.4, -0.2) is 36.3 Å². The van der Waals surface area contributed by atoms with Gasteiger partial charge in [0.05, 0.1) is 5.92 Å². The fourth-order valence-electron chi connectivity index (χ4n) is 3.64. The van der Waals surface area contributed by atoms with Gasteiger partial charge in [0.15, 0.2) is 0 Å². The van der Waals surface area contributed by atoms with E-state index >= 15 is 0 Å². The van der Waals surface area contributed by atoms with Crippen LogP contribution in [-0.2, 0) is 11.2 Å². The Morgan fingerprint density at radius 1 is 1.04 bits per heavy atom. The molecule has 1 atom stereocenters. The van der Waals surface area contributed by atoms with Crippen LogP contribution < -0.4 is 5.32 Å². The van der Waals surface area contributed by atoms with Gasteiger partial charge in [-0.3, -0.25) is 9.59 Å². The second-order valence-corrected chi connectivity index (χ2v) is 7.89. The highest BCUT2D eigenvalue weighted by Crippen LogP contribution is 2.30. The standard InChI is InChI=1S/C23H22N2O2S/c26-22-19(15-18-9-4-5-10-20(18)21-11-6-14-28-21)16-25(13-12-24-22)23(27)17-7-2-1-3-8-17/h1-11,14,19H,12-13,15-16H2,(H,24,26)/t19-/m0/s1. The van der Waals surface area contributed by atoms with Gasteiger partial charge >= 0.3 is 0 Å². The first-order valence-electron chi connectivity index (χ1n) is 9.46. The molecule has 1 fully saturated rings. The molecule has 28 heavy (non-hydrogen) atoms. The van der Waals surface area contributed by atoms with Crippen molar-refractivity contribution < 1.29 is 9.59 Å². The Hall–Kier alpha value is -2.92. The summed E-state index contributed by atoms with van der Waals surface area (Å²) in [6.45, 7) is 1.45. The highest BCUT2D eigenvalue weighted by atomic mass is 32.1. The highest BCUT2D eigenvalue weighted by Gasteiger charge is 2.28. The first kappa shape index (κ1) is 18.4. The molecule has 3 aromatic rings. The van der Waals surface area contributed by atoms with Crippen molar-refractivity contribution in [3.63, 3.8) is 0 Å². The van der Waals surface area contributed by atoms with E-state index in [1.165, 1.54) is 4.88 Å². The molecule has 2 heterocycles. The van der Waals surface area contributed by atoms with E-state index in [2.05, 4.69) is 28.9 Å². The molecule has 1 aromatic heterocycles. The largest absolute Gasteiger partial charge is 0.354 e. The van der Waals surface area contributed by atoms with Gasteiger partial charge in [0.25, 0.3) is 5.91 Å². The van der Waals surface area contributed by atoms with Crippen LogP contribution in [0.25, 0.3) is 10.4 Å². The van der Waals surface area contributed by atoms with Gasteiger partial charge in [0.2, 0.25) is 5.91 Å². The topological polar surface area (TPSA) is 49.4 Å². The molecule has 4 nitrogen and oxygen atoms in total. The van der Waals surface area contributed by atoms with Crippen molar-refractivity contribution in [3.8, 4) is 10.4 Å². The first-order chi connectivity index (χ1) is 13.7. The predicted molar refractivity (Wildman–Crippen MR) is 112 cm³/mol. The molecule has 1 aliphatic rings. The zero-order chi connectivity index (χ0) is 19.3. The van der Waals surface area contributed by atoms with E-state index in [1.807, 2.05) is 48.5 Å². The molecule has 0 spiro atoms. The number of nitrogens with zero attached hydrogens (tertiary/aromatic N) is 1. The van der Waals surface area contributed by atoms with Crippen molar-refractivity contribution in [1.29, 1.82) is 0 Å². The van der Waals surface area contributed by atoms with Crippen LogP contribution in [0.5, 0.6) is 0 Å². The zero-order valence-electron chi connectivity index (χ0n) is 15.5. The first-order valence-corrected chi connectivity index (χ1v) is 10.3. The SMILES string of the molecule is O=C1NCCN(C(=O)c2ccccc2)C[C@@H]1Cc1ccccc1-c1cccs1. The normalized spacial score (nSPS) is 17.1. The molecular formula is C23H22N2O2S. The lowest BCUT2D eigenvalue weighted by Crippen LogP contribution is -2.37.